The second-order valence-corrected chi connectivity index (χ2v) is 7.30. The van der Waals surface area contributed by atoms with Crippen LogP contribution in [-0.4, -0.2) is 53.3 Å². The monoisotopic (exact) mass is 302 g/mol. The third-order valence-electron chi connectivity index (χ3n) is 5.23. The minimum atomic E-state index is 0.122. The summed E-state index contributed by atoms with van der Waals surface area (Å²) in [5.74, 6) is 2.27. The van der Waals surface area contributed by atoms with Crippen molar-refractivity contribution < 1.29 is 4.74 Å². The number of hydrogen-bond acceptors (Lipinski definition) is 5. The lowest BCUT2D eigenvalue weighted by Crippen LogP contribution is -2.48. The number of nitrogens with zero attached hydrogens (tertiary/aromatic N) is 3. The van der Waals surface area contributed by atoms with Gasteiger partial charge in [0.05, 0.1) is 12.2 Å². The Bertz CT molecular complexity index is 493. The Morgan fingerprint density at radius 3 is 2.95 bits per heavy atom. The molecule has 5 nitrogen and oxygen atoms in total. The first-order chi connectivity index (χ1) is 10.8. The van der Waals surface area contributed by atoms with E-state index >= 15 is 0 Å². The van der Waals surface area contributed by atoms with E-state index in [0.29, 0.717) is 5.92 Å². The molecule has 3 fully saturated rings. The first-order valence-electron chi connectivity index (χ1n) is 8.69. The average molecular weight is 302 g/mol. The Kier molecular flexibility index (Phi) is 4.01. The van der Waals surface area contributed by atoms with Crippen LogP contribution in [0.1, 0.15) is 32.1 Å². The van der Waals surface area contributed by atoms with Gasteiger partial charge in [0, 0.05) is 37.9 Å². The predicted molar refractivity (Wildman–Crippen MR) is 85.7 cm³/mol. The van der Waals surface area contributed by atoms with Crippen LogP contribution in [0.4, 0.5) is 5.95 Å². The highest BCUT2D eigenvalue weighted by molar-refractivity contribution is 5.22. The Labute approximate surface area is 132 Å². The molecule has 120 valence electrons. The number of rotatable bonds is 5. The SMILES string of the molecule is c1cnc(NC[C@@H]2CO[C@]3(CCCN(CC4CC4)C3)C2)nc1. The van der Waals surface area contributed by atoms with E-state index in [0.717, 1.165) is 31.6 Å². The molecule has 0 aromatic carbocycles. The average Bonchev–Trinajstić information content (AvgIpc) is 3.28. The molecule has 0 amide bonds. The van der Waals surface area contributed by atoms with Gasteiger partial charge in [0.1, 0.15) is 0 Å². The molecule has 3 aliphatic rings. The smallest absolute Gasteiger partial charge is 0.222 e. The van der Waals surface area contributed by atoms with Crippen molar-refractivity contribution in [3.63, 3.8) is 0 Å². The van der Waals surface area contributed by atoms with E-state index in [4.69, 9.17) is 4.74 Å². The van der Waals surface area contributed by atoms with Crippen molar-refractivity contribution in [3.05, 3.63) is 18.5 Å². The summed E-state index contributed by atoms with van der Waals surface area (Å²) in [6.45, 7) is 5.49. The zero-order valence-electron chi connectivity index (χ0n) is 13.2. The zero-order valence-corrected chi connectivity index (χ0v) is 13.2. The van der Waals surface area contributed by atoms with Gasteiger partial charge in [0.2, 0.25) is 5.95 Å². The van der Waals surface area contributed by atoms with Gasteiger partial charge < -0.3 is 15.0 Å². The molecule has 0 radical (unpaired) electrons. The second-order valence-electron chi connectivity index (χ2n) is 7.30. The van der Waals surface area contributed by atoms with Crippen LogP contribution in [0.5, 0.6) is 0 Å². The van der Waals surface area contributed by atoms with Gasteiger partial charge in [-0.3, -0.25) is 0 Å². The standard InChI is InChI=1S/C17H26N4O/c1-5-17(13-21(8-1)11-14-3-4-14)9-15(12-22-17)10-20-16-18-6-2-7-19-16/h2,6-7,14-15H,1,3-5,8-13H2,(H,18,19,20)/t15-,17-/m1/s1. The lowest BCUT2D eigenvalue weighted by molar-refractivity contribution is -0.0523. The predicted octanol–water partition coefficient (Wildman–Crippen LogP) is 2.17. The molecule has 1 saturated carbocycles. The maximum Gasteiger partial charge on any atom is 0.222 e. The minimum Gasteiger partial charge on any atom is -0.373 e. The van der Waals surface area contributed by atoms with Crippen molar-refractivity contribution in [2.45, 2.75) is 37.7 Å². The molecule has 5 heteroatoms. The largest absolute Gasteiger partial charge is 0.373 e. The summed E-state index contributed by atoms with van der Waals surface area (Å²) in [5.41, 5.74) is 0.122. The van der Waals surface area contributed by atoms with E-state index in [-0.39, 0.29) is 5.60 Å². The van der Waals surface area contributed by atoms with Gasteiger partial charge >= 0.3 is 0 Å². The molecule has 0 bridgehead atoms. The fraction of sp³-hybridized carbons (Fsp3) is 0.765. The van der Waals surface area contributed by atoms with Gasteiger partial charge in [-0.25, -0.2) is 9.97 Å². The molecule has 2 saturated heterocycles. The van der Waals surface area contributed by atoms with Crippen molar-refractivity contribution in [3.8, 4) is 0 Å². The molecule has 1 aromatic heterocycles. The van der Waals surface area contributed by atoms with E-state index in [1.807, 2.05) is 6.07 Å². The lowest BCUT2D eigenvalue weighted by Gasteiger charge is -2.40. The van der Waals surface area contributed by atoms with Gasteiger partial charge in [0.15, 0.2) is 0 Å². The number of nitrogens with one attached hydrogen (secondary N) is 1. The number of likely N-dealkylation sites (tertiary alicyclic amines) is 1. The first kappa shape index (κ1) is 14.4. The van der Waals surface area contributed by atoms with Gasteiger partial charge in [-0.15, -0.1) is 0 Å². The fourth-order valence-electron chi connectivity index (χ4n) is 3.99. The number of hydrogen-bond donors (Lipinski definition) is 1. The van der Waals surface area contributed by atoms with Crippen molar-refractivity contribution in [2.75, 3.05) is 38.1 Å². The van der Waals surface area contributed by atoms with Crippen LogP contribution in [0.2, 0.25) is 0 Å². The van der Waals surface area contributed by atoms with Crippen molar-refractivity contribution in [1.82, 2.24) is 14.9 Å². The Balaban J connectivity index is 1.29. The van der Waals surface area contributed by atoms with E-state index in [1.165, 1.54) is 45.2 Å². The minimum absolute atomic E-state index is 0.122. The lowest BCUT2D eigenvalue weighted by atomic mass is 9.86. The van der Waals surface area contributed by atoms with Crippen molar-refractivity contribution >= 4 is 5.95 Å². The van der Waals surface area contributed by atoms with Crippen LogP contribution in [-0.2, 0) is 4.74 Å². The third kappa shape index (κ3) is 3.41. The summed E-state index contributed by atoms with van der Waals surface area (Å²) in [5, 5.41) is 3.35. The highest BCUT2D eigenvalue weighted by atomic mass is 16.5. The van der Waals surface area contributed by atoms with E-state index in [2.05, 4.69) is 20.2 Å². The van der Waals surface area contributed by atoms with Crippen LogP contribution in [0.25, 0.3) is 0 Å². The van der Waals surface area contributed by atoms with Gasteiger partial charge in [-0.2, -0.15) is 0 Å². The summed E-state index contributed by atoms with van der Waals surface area (Å²) in [4.78, 5) is 11.1. The molecular weight excluding hydrogens is 276 g/mol. The van der Waals surface area contributed by atoms with E-state index in [1.54, 1.807) is 12.4 Å². The van der Waals surface area contributed by atoms with Crippen molar-refractivity contribution in [2.24, 2.45) is 11.8 Å². The Morgan fingerprint density at radius 2 is 2.14 bits per heavy atom. The number of anilines is 1. The summed E-state index contributed by atoms with van der Waals surface area (Å²) < 4.78 is 6.29. The number of piperidine rings is 1. The molecule has 3 heterocycles. The summed E-state index contributed by atoms with van der Waals surface area (Å²) >= 11 is 0. The molecule has 22 heavy (non-hydrogen) atoms. The maximum absolute atomic E-state index is 6.29. The van der Waals surface area contributed by atoms with Crippen LogP contribution in [0, 0.1) is 11.8 Å². The highest BCUT2D eigenvalue weighted by Gasteiger charge is 2.43. The number of ether oxygens (including phenoxy) is 1. The zero-order chi connectivity index (χ0) is 14.8. The summed E-state index contributed by atoms with van der Waals surface area (Å²) in [6.07, 6.45) is 10.1. The molecule has 1 spiro atoms. The van der Waals surface area contributed by atoms with E-state index in [9.17, 15) is 0 Å². The maximum atomic E-state index is 6.29. The van der Waals surface area contributed by atoms with E-state index < -0.39 is 0 Å². The normalized spacial score (nSPS) is 32.5. The van der Waals surface area contributed by atoms with Crippen LogP contribution < -0.4 is 5.32 Å². The highest BCUT2D eigenvalue weighted by Crippen LogP contribution is 2.39. The summed E-state index contributed by atoms with van der Waals surface area (Å²) in [6, 6.07) is 1.84. The molecule has 0 unspecified atom stereocenters. The first-order valence-corrected chi connectivity index (χ1v) is 8.69. The Hall–Kier alpha value is -1.20. The van der Waals surface area contributed by atoms with Gasteiger partial charge in [0.25, 0.3) is 0 Å². The quantitative estimate of drug-likeness (QED) is 0.903. The topological polar surface area (TPSA) is 50.3 Å². The molecule has 1 aromatic rings. The van der Waals surface area contributed by atoms with Gasteiger partial charge in [-0.1, -0.05) is 0 Å². The molecule has 2 aliphatic heterocycles. The van der Waals surface area contributed by atoms with Crippen molar-refractivity contribution in [1.29, 1.82) is 0 Å². The van der Waals surface area contributed by atoms with Crippen LogP contribution >= 0.6 is 0 Å². The van der Waals surface area contributed by atoms with Crippen LogP contribution in [0.15, 0.2) is 18.5 Å². The van der Waals surface area contributed by atoms with Crippen LogP contribution in [0.3, 0.4) is 0 Å². The molecule has 2 atom stereocenters. The third-order valence-corrected chi connectivity index (χ3v) is 5.23. The summed E-state index contributed by atoms with van der Waals surface area (Å²) in [7, 11) is 0. The molecular formula is C17H26N4O. The number of aromatic nitrogens is 2. The molecule has 4 rings (SSSR count). The second kappa shape index (κ2) is 6.13. The Morgan fingerprint density at radius 1 is 1.27 bits per heavy atom. The fourth-order valence-corrected chi connectivity index (χ4v) is 3.99. The molecule has 1 N–H and O–H groups in total. The molecule has 1 aliphatic carbocycles. The van der Waals surface area contributed by atoms with Gasteiger partial charge in [-0.05, 0) is 50.6 Å².